The van der Waals surface area contributed by atoms with E-state index >= 15 is 0 Å². The number of benzene rings is 2. The van der Waals surface area contributed by atoms with Crippen molar-refractivity contribution in [2.45, 2.75) is 4.90 Å². The fourth-order valence-corrected chi connectivity index (χ4v) is 2.82. The molecule has 2 aromatic carbocycles. The molecule has 2 aromatic rings. The van der Waals surface area contributed by atoms with Crippen LogP contribution in [0.15, 0.2) is 47.4 Å². The maximum absolute atomic E-state index is 12.1. The van der Waals surface area contributed by atoms with Crippen LogP contribution in [0.5, 0.6) is 0 Å². The van der Waals surface area contributed by atoms with Crippen LogP contribution in [0.25, 0.3) is 0 Å². The van der Waals surface area contributed by atoms with Crippen molar-refractivity contribution in [2.75, 3.05) is 18.2 Å². The molecule has 2 rings (SSSR count). The number of esters is 1. The van der Waals surface area contributed by atoms with E-state index in [-0.39, 0.29) is 26.7 Å². The Kier molecular flexibility index (Phi) is 5.97. The number of carbonyl (C=O) groups excluding carboxylic acids is 2. The van der Waals surface area contributed by atoms with Crippen LogP contribution in [-0.2, 0) is 19.4 Å². The molecule has 1 N–H and O–H groups in total. The molecular weight excluding hydrogens is 380 g/mol. The standard InChI is InChI=1S/C17H13ClN2O5S/c1-26(23,24)12-6-7-14(18)13(8-12)17(22)25-10-16(21)20-15-5-3-2-4-11(15)9-19/h2-8H,10H2,1H3,(H,20,21). The molecule has 0 unspecified atom stereocenters. The molecule has 7 nitrogen and oxygen atoms in total. The lowest BCUT2D eigenvalue weighted by Gasteiger charge is -2.09. The summed E-state index contributed by atoms with van der Waals surface area (Å²) in [5.41, 5.74) is 0.379. The van der Waals surface area contributed by atoms with Crippen LogP contribution in [0.2, 0.25) is 5.02 Å². The fraction of sp³-hybridized carbons (Fsp3) is 0.118. The van der Waals surface area contributed by atoms with Gasteiger partial charge in [-0.15, -0.1) is 0 Å². The van der Waals surface area contributed by atoms with Gasteiger partial charge in [-0.2, -0.15) is 5.26 Å². The van der Waals surface area contributed by atoms with Gasteiger partial charge >= 0.3 is 5.97 Å². The Bertz CT molecular complexity index is 1010. The van der Waals surface area contributed by atoms with E-state index in [0.717, 1.165) is 12.3 Å². The van der Waals surface area contributed by atoms with Crippen molar-refractivity contribution in [3.05, 3.63) is 58.6 Å². The van der Waals surface area contributed by atoms with Gasteiger partial charge in [-0.1, -0.05) is 23.7 Å². The van der Waals surface area contributed by atoms with Gasteiger partial charge in [-0.25, -0.2) is 13.2 Å². The average molecular weight is 393 g/mol. The fourth-order valence-electron chi connectivity index (χ4n) is 1.98. The molecule has 0 aliphatic heterocycles. The van der Waals surface area contributed by atoms with Gasteiger partial charge in [0.15, 0.2) is 16.4 Å². The van der Waals surface area contributed by atoms with Gasteiger partial charge < -0.3 is 10.1 Å². The van der Waals surface area contributed by atoms with E-state index in [0.29, 0.717) is 0 Å². The van der Waals surface area contributed by atoms with Crippen molar-refractivity contribution >= 4 is 39.0 Å². The second kappa shape index (κ2) is 7.99. The number of hydrogen-bond donors (Lipinski definition) is 1. The van der Waals surface area contributed by atoms with E-state index in [9.17, 15) is 18.0 Å². The summed E-state index contributed by atoms with van der Waals surface area (Å²) in [6.07, 6.45) is 0.992. The largest absolute Gasteiger partial charge is 0.452 e. The molecule has 0 saturated heterocycles. The van der Waals surface area contributed by atoms with Crippen molar-refractivity contribution in [2.24, 2.45) is 0 Å². The molecule has 0 fully saturated rings. The normalized spacial score (nSPS) is 10.7. The number of rotatable bonds is 5. The van der Waals surface area contributed by atoms with Crippen LogP contribution in [0.3, 0.4) is 0 Å². The lowest BCUT2D eigenvalue weighted by Crippen LogP contribution is -2.21. The van der Waals surface area contributed by atoms with Gasteiger partial charge in [0.05, 0.1) is 26.7 Å². The second-order valence-corrected chi connectivity index (χ2v) is 7.62. The maximum atomic E-state index is 12.1. The van der Waals surface area contributed by atoms with Gasteiger partial charge in [-0.05, 0) is 30.3 Å². The van der Waals surface area contributed by atoms with E-state index in [2.05, 4.69) is 5.32 Å². The van der Waals surface area contributed by atoms with E-state index in [4.69, 9.17) is 21.6 Å². The van der Waals surface area contributed by atoms with Crippen molar-refractivity contribution in [1.82, 2.24) is 0 Å². The number of ether oxygens (including phenoxy) is 1. The number of para-hydroxylation sites is 1. The Morgan fingerprint density at radius 1 is 1.23 bits per heavy atom. The number of anilines is 1. The Morgan fingerprint density at radius 2 is 1.92 bits per heavy atom. The highest BCUT2D eigenvalue weighted by molar-refractivity contribution is 7.90. The molecule has 0 aliphatic rings. The van der Waals surface area contributed by atoms with Crippen LogP contribution in [0, 0.1) is 11.3 Å². The number of hydrogen-bond acceptors (Lipinski definition) is 6. The molecule has 0 aliphatic carbocycles. The molecule has 134 valence electrons. The Balaban J connectivity index is 2.07. The minimum Gasteiger partial charge on any atom is -0.452 e. The number of amides is 1. The summed E-state index contributed by atoms with van der Waals surface area (Å²) >= 11 is 5.89. The topological polar surface area (TPSA) is 113 Å². The molecule has 0 saturated carbocycles. The van der Waals surface area contributed by atoms with Crippen molar-refractivity contribution < 1.29 is 22.7 Å². The minimum absolute atomic E-state index is 0.00219. The van der Waals surface area contributed by atoms with Crippen LogP contribution < -0.4 is 5.32 Å². The third-order valence-corrected chi connectivity index (χ3v) is 4.68. The second-order valence-electron chi connectivity index (χ2n) is 5.20. The number of nitrogens with one attached hydrogen (secondary N) is 1. The Hall–Kier alpha value is -2.89. The van der Waals surface area contributed by atoms with Crippen LogP contribution in [-0.4, -0.2) is 33.2 Å². The molecule has 0 radical (unpaired) electrons. The van der Waals surface area contributed by atoms with Gasteiger partial charge in [-0.3, -0.25) is 4.79 Å². The quantitative estimate of drug-likeness (QED) is 0.781. The summed E-state index contributed by atoms with van der Waals surface area (Å²) in [6, 6.07) is 11.9. The van der Waals surface area contributed by atoms with Gasteiger partial charge in [0, 0.05) is 6.26 Å². The zero-order valence-electron chi connectivity index (χ0n) is 13.5. The van der Waals surface area contributed by atoms with E-state index in [1.54, 1.807) is 12.1 Å². The van der Waals surface area contributed by atoms with Crippen LogP contribution in [0.4, 0.5) is 5.69 Å². The Labute approximate surface area is 155 Å². The predicted octanol–water partition coefficient (Wildman–Crippen LogP) is 2.41. The highest BCUT2D eigenvalue weighted by Crippen LogP contribution is 2.21. The predicted molar refractivity (Wildman–Crippen MR) is 94.6 cm³/mol. The zero-order chi connectivity index (χ0) is 19.3. The van der Waals surface area contributed by atoms with Gasteiger partial charge in [0.1, 0.15) is 6.07 Å². The molecule has 1 amide bonds. The lowest BCUT2D eigenvalue weighted by atomic mass is 10.2. The first-order valence-corrected chi connectivity index (χ1v) is 9.45. The number of nitriles is 1. The van der Waals surface area contributed by atoms with Crippen molar-refractivity contribution in [1.29, 1.82) is 5.26 Å². The Morgan fingerprint density at radius 3 is 2.58 bits per heavy atom. The molecular formula is C17H13ClN2O5S. The van der Waals surface area contributed by atoms with Crippen LogP contribution >= 0.6 is 11.6 Å². The first-order chi connectivity index (χ1) is 12.2. The van der Waals surface area contributed by atoms with Crippen molar-refractivity contribution in [3.8, 4) is 6.07 Å². The summed E-state index contributed by atoms with van der Waals surface area (Å²) in [7, 11) is -3.53. The molecule has 0 atom stereocenters. The number of halogens is 1. The molecule has 9 heteroatoms. The van der Waals surface area contributed by atoms with E-state index < -0.39 is 28.3 Å². The maximum Gasteiger partial charge on any atom is 0.340 e. The van der Waals surface area contributed by atoms with Crippen molar-refractivity contribution in [3.63, 3.8) is 0 Å². The number of sulfone groups is 1. The molecule has 26 heavy (non-hydrogen) atoms. The third-order valence-electron chi connectivity index (χ3n) is 3.24. The first kappa shape index (κ1) is 19.4. The highest BCUT2D eigenvalue weighted by atomic mass is 35.5. The SMILES string of the molecule is CS(=O)(=O)c1ccc(Cl)c(C(=O)OCC(=O)Nc2ccccc2C#N)c1. The molecule has 0 heterocycles. The zero-order valence-corrected chi connectivity index (χ0v) is 15.1. The van der Waals surface area contributed by atoms with E-state index in [1.807, 2.05) is 6.07 Å². The van der Waals surface area contributed by atoms with E-state index in [1.165, 1.54) is 24.3 Å². The number of nitrogens with zero attached hydrogens (tertiary/aromatic N) is 1. The third kappa shape index (κ3) is 4.81. The molecule has 0 aromatic heterocycles. The smallest absolute Gasteiger partial charge is 0.340 e. The summed E-state index contributed by atoms with van der Waals surface area (Å²) in [5, 5.41) is 11.4. The van der Waals surface area contributed by atoms with Gasteiger partial charge in [0.2, 0.25) is 0 Å². The van der Waals surface area contributed by atoms with Gasteiger partial charge in [0.25, 0.3) is 5.91 Å². The molecule has 0 bridgehead atoms. The molecule has 0 spiro atoms. The highest BCUT2D eigenvalue weighted by Gasteiger charge is 2.18. The first-order valence-electron chi connectivity index (χ1n) is 7.18. The lowest BCUT2D eigenvalue weighted by molar-refractivity contribution is -0.119. The average Bonchev–Trinajstić information content (AvgIpc) is 2.59. The summed E-state index contributed by atoms with van der Waals surface area (Å²) in [5.74, 6) is -1.60. The summed E-state index contributed by atoms with van der Waals surface area (Å²) in [4.78, 5) is 23.9. The minimum atomic E-state index is -3.53. The summed E-state index contributed by atoms with van der Waals surface area (Å²) < 4.78 is 28.0. The monoisotopic (exact) mass is 392 g/mol. The van der Waals surface area contributed by atoms with Crippen LogP contribution in [0.1, 0.15) is 15.9 Å². The number of carbonyl (C=O) groups is 2. The summed E-state index contributed by atoms with van der Waals surface area (Å²) in [6.45, 7) is -0.627.